The van der Waals surface area contributed by atoms with Gasteiger partial charge in [0, 0.05) is 18.6 Å². The van der Waals surface area contributed by atoms with Crippen molar-refractivity contribution in [3.8, 4) is 0 Å². The number of carbonyl (C=O) groups is 1. The van der Waals surface area contributed by atoms with E-state index in [1.807, 2.05) is 0 Å². The van der Waals surface area contributed by atoms with Crippen LogP contribution in [0.1, 0.15) is 25.7 Å². The number of hydrogen-bond donors (Lipinski definition) is 3. The molecular formula is C10H19N3O. The maximum absolute atomic E-state index is 11.7. The van der Waals surface area contributed by atoms with Gasteiger partial charge in [-0.2, -0.15) is 0 Å². The molecule has 4 heteroatoms. The van der Waals surface area contributed by atoms with Crippen LogP contribution in [-0.4, -0.2) is 31.1 Å². The van der Waals surface area contributed by atoms with E-state index in [0.717, 1.165) is 19.4 Å². The van der Waals surface area contributed by atoms with Gasteiger partial charge in [-0.15, -0.1) is 0 Å². The van der Waals surface area contributed by atoms with Crippen LogP contribution in [-0.2, 0) is 4.79 Å². The second-order valence-corrected chi connectivity index (χ2v) is 4.32. The van der Waals surface area contributed by atoms with Gasteiger partial charge in [-0.25, -0.2) is 0 Å². The first-order valence-electron chi connectivity index (χ1n) is 5.55. The molecule has 0 aromatic heterocycles. The SMILES string of the molecule is NCCCNC(=O)C1CC2CCC1N2. The summed E-state index contributed by atoms with van der Waals surface area (Å²) in [7, 11) is 0. The molecule has 80 valence electrons. The van der Waals surface area contributed by atoms with E-state index in [-0.39, 0.29) is 11.8 Å². The van der Waals surface area contributed by atoms with Crippen molar-refractivity contribution in [3.63, 3.8) is 0 Å². The van der Waals surface area contributed by atoms with Crippen LogP contribution >= 0.6 is 0 Å². The number of nitrogens with one attached hydrogen (secondary N) is 2. The molecule has 2 aliphatic heterocycles. The Hall–Kier alpha value is -0.610. The summed E-state index contributed by atoms with van der Waals surface area (Å²) in [6.07, 6.45) is 4.32. The molecule has 3 unspecified atom stereocenters. The predicted octanol–water partition coefficient (Wildman–Crippen LogP) is -0.408. The molecule has 4 nitrogen and oxygen atoms in total. The largest absolute Gasteiger partial charge is 0.356 e. The predicted molar refractivity (Wildman–Crippen MR) is 54.7 cm³/mol. The van der Waals surface area contributed by atoms with E-state index in [9.17, 15) is 4.79 Å². The number of nitrogens with two attached hydrogens (primary N) is 1. The van der Waals surface area contributed by atoms with Gasteiger partial charge in [0.25, 0.3) is 0 Å². The first-order chi connectivity index (χ1) is 6.81. The van der Waals surface area contributed by atoms with Crippen LogP contribution in [0.5, 0.6) is 0 Å². The monoisotopic (exact) mass is 197 g/mol. The van der Waals surface area contributed by atoms with Crippen LogP contribution in [0.25, 0.3) is 0 Å². The van der Waals surface area contributed by atoms with Gasteiger partial charge >= 0.3 is 0 Å². The van der Waals surface area contributed by atoms with Gasteiger partial charge in [0.15, 0.2) is 0 Å². The van der Waals surface area contributed by atoms with E-state index in [4.69, 9.17) is 5.73 Å². The minimum absolute atomic E-state index is 0.214. The van der Waals surface area contributed by atoms with Crippen LogP contribution in [0, 0.1) is 5.92 Å². The van der Waals surface area contributed by atoms with Crippen LogP contribution < -0.4 is 16.4 Å². The first-order valence-corrected chi connectivity index (χ1v) is 5.55. The van der Waals surface area contributed by atoms with E-state index < -0.39 is 0 Å². The average molecular weight is 197 g/mol. The Balaban J connectivity index is 1.75. The Bertz CT molecular complexity index is 219. The van der Waals surface area contributed by atoms with Crippen LogP contribution in [0.2, 0.25) is 0 Å². The zero-order valence-electron chi connectivity index (χ0n) is 8.46. The fourth-order valence-electron chi connectivity index (χ4n) is 2.56. The Kier molecular flexibility index (Phi) is 3.03. The van der Waals surface area contributed by atoms with Gasteiger partial charge in [0.05, 0.1) is 5.92 Å². The van der Waals surface area contributed by atoms with Gasteiger partial charge < -0.3 is 16.4 Å². The summed E-state index contributed by atoms with van der Waals surface area (Å²) in [6, 6.07) is 1.04. The molecule has 0 aromatic carbocycles. The van der Waals surface area contributed by atoms with Gasteiger partial charge in [-0.05, 0) is 32.2 Å². The van der Waals surface area contributed by atoms with E-state index in [0.29, 0.717) is 18.6 Å². The third-order valence-electron chi connectivity index (χ3n) is 3.32. The molecule has 2 saturated heterocycles. The summed E-state index contributed by atoms with van der Waals surface area (Å²) < 4.78 is 0. The van der Waals surface area contributed by atoms with E-state index in [2.05, 4.69) is 10.6 Å². The van der Waals surface area contributed by atoms with Gasteiger partial charge in [-0.1, -0.05) is 0 Å². The molecule has 2 rings (SSSR count). The molecule has 0 aliphatic carbocycles. The third-order valence-corrected chi connectivity index (χ3v) is 3.32. The first kappa shape index (κ1) is 9.93. The summed E-state index contributed by atoms with van der Waals surface area (Å²) in [5, 5.41) is 6.42. The van der Waals surface area contributed by atoms with Crippen molar-refractivity contribution in [2.45, 2.75) is 37.8 Å². The topological polar surface area (TPSA) is 67.1 Å². The number of carbonyl (C=O) groups excluding carboxylic acids is 1. The molecule has 1 amide bonds. The minimum Gasteiger partial charge on any atom is -0.356 e. The zero-order chi connectivity index (χ0) is 9.97. The molecule has 0 spiro atoms. The smallest absolute Gasteiger partial charge is 0.224 e. The molecule has 0 radical (unpaired) electrons. The Morgan fingerprint density at radius 1 is 1.50 bits per heavy atom. The van der Waals surface area contributed by atoms with Crippen LogP contribution in [0.15, 0.2) is 0 Å². The molecular weight excluding hydrogens is 178 g/mol. The third kappa shape index (κ3) is 1.91. The minimum atomic E-state index is 0.214. The van der Waals surface area contributed by atoms with Gasteiger partial charge in [-0.3, -0.25) is 4.79 Å². The number of amides is 1. The fourth-order valence-corrected chi connectivity index (χ4v) is 2.56. The summed E-state index contributed by atoms with van der Waals surface area (Å²) in [5.74, 6) is 0.435. The summed E-state index contributed by atoms with van der Waals surface area (Å²) in [6.45, 7) is 1.37. The zero-order valence-corrected chi connectivity index (χ0v) is 8.46. The van der Waals surface area contributed by atoms with Crippen molar-refractivity contribution < 1.29 is 4.79 Å². The molecule has 2 heterocycles. The second-order valence-electron chi connectivity index (χ2n) is 4.32. The molecule has 14 heavy (non-hydrogen) atoms. The lowest BCUT2D eigenvalue weighted by atomic mass is 9.88. The molecule has 2 bridgehead atoms. The highest BCUT2D eigenvalue weighted by molar-refractivity contribution is 5.80. The van der Waals surface area contributed by atoms with Crippen molar-refractivity contribution in [1.29, 1.82) is 0 Å². The van der Waals surface area contributed by atoms with Crippen molar-refractivity contribution in [2.75, 3.05) is 13.1 Å². The molecule has 2 aliphatic rings. The van der Waals surface area contributed by atoms with Gasteiger partial charge in [0.1, 0.15) is 0 Å². The van der Waals surface area contributed by atoms with Crippen LogP contribution in [0.3, 0.4) is 0 Å². The lowest BCUT2D eigenvalue weighted by Crippen LogP contribution is -2.38. The average Bonchev–Trinajstić information content (AvgIpc) is 2.79. The normalized spacial score (nSPS) is 34.8. The van der Waals surface area contributed by atoms with Crippen molar-refractivity contribution in [3.05, 3.63) is 0 Å². The molecule has 3 atom stereocenters. The molecule has 2 fully saturated rings. The van der Waals surface area contributed by atoms with Crippen molar-refractivity contribution in [2.24, 2.45) is 11.7 Å². The lowest BCUT2D eigenvalue weighted by molar-refractivity contribution is -0.125. The van der Waals surface area contributed by atoms with E-state index >= 15 is 0 Å². The molecule has 4 N–H and O–H groups in total. The highest BCUT2D eigenvalue weighted by Gasteiger charge is 2.42. The van der Waals surface area contributed by atoms with Gasteiger partial charge in [0.2, 0.25) is 5.91 Å². The Labute approximate surface area is 84.6 Å². The lowest BCUT2D eigenvalue weighted by Gasteiger charge is -2.19. The maximum atomic E-state index is 11.7. The van der Waals surface area contributed by atoms with Crippen molar-refractivity contribution in [1.82, 2.24) is 10.6 Å². The molecule has 0 saturated carbocycles. The van der Waals surface area contributed by atoms with E-state index in [1.54, 1.807) is 0 Å². The molecule has 0 aromatic rings. The number of rotatable bonds is 4. The highest BCUT2D eigenvalue weighted by Crippen LogP contribution is 2.33. The van der Waals surface area contributed by atoms with Crippen LogP contribution in [0.4, 0.5) is 0 Å². The number of fused-ring (bicyclic) bond motifs is 2. The Morgan fingerprint density at radius 3 is 2.93 bits per heavy atom. The van der Waals surface area contributed by atoms with Crippen molar-refractivity contribution >= 4 is 5.91 Å². The second kappa shape index (κ2) is 4.28. The van der Waals surface area contributed by atoms with E-state index in [1.165, 1.54) is 12.8 Å². The standard InChI is InChI=1S/C10H19N3O/c11-4-1-5-12-10(14)8-6-7-2-3-9(8)13-7/h7-9,13H,1-6,11H2,(H,12,14). The maximum Gasteiger partial charge on any atom is 0.224 e. The fraction of sp³-hybridized carbons (Fsp3) is 0.900. The highest BCUT2D eigenvalue weighted by atomic mass is 16.1. The summed E-state index contributed by atoms with van der Waals surface area (Å²) in [4.78, 5) is 11.7. The Morgan fingerprint density at radius 2 is 2.36 bits per heavy atom. The summed E-state index contributed by atoms with van der Waals surface area (Å²) >= 11 is 0. The number of hydrogen-bond acceptors (Lipinski definition) is 3. The quantitative estimate of drug-likeness (QED) is 0.537. The summed E-state index contributed by atoms with van der Waals surface area (Å²) in [5.41, 5.74) is 5.37.